The summed E-state index contributed by atoms with van der Waals surface area (Å²) in [5, 5.41) is 0. The minimum absolute atomic E-state index is 0.00911. The number of carbonyl (C=O) groups is 2. The molecule has 0 amide bonds. The van der Waals surface area contributed by atoms with E-state index in [1.54, 1.807) is 32.4 Å². The average Bonchev–Trinajstić information content (AvgIpc) is 2.98. The third-order valence-corrected chi connectivity index (χ3v) is 6.03. The summed E-state index contributed by atoms with van der Waals surface area (Å²) in [6.07, 6.45) is 0.701. The first-order valence-corrected chi connectivity index (χ1v) is 12.4. The van der Waals surface area contributed by atoms with E-state index in [9.17, 15) is 9.59 Å². The molecule has 4 aromatic rings. The average molecular weight is 527 g/mol. The first kappa shape index (κ1) is 27.3. The number of hydrogen-bond donors (Lipinski definition) is 0. The highest BCUT2D eigenvalue weighted by Gasteiger charge is 2.25. The second-order valence-corrected chi connectivity index (χ2v) is 9.07. The number of hydrogen-bond acceptors (Lipinski definition) is 8. The standard InChI is InChI=1S/C31H30N2O6/c1-20(2)27-28(29(35)24-7-5-6-23(16-24)17-34)32-31(39-19-22-10-14-26(37-4)15-11-22)33-30(27)38-18-21-8-12-25(36-3)13-9-21/h5-17,20H,18-19H2,1-4H3. The third kappa shape index (κ3) is 6.78. The predicted molar refractivity (Wildman–Crippen MR) is 146 cm³/mol. The van der Waals surface area contributed by atoms with Crippen LogP contribution >= 0.6 is 0 Å². The van der Waals surface area contributed by atoms with Crippen LogP contribution in [0.5, 0.6) is 23.4 Å². The molecule has 0 bridgehead atoms. The molecule has 0 saturated heterocycles. The van der Waals surface area contributed by atoms with Crippen LogP contribution in [0.3, 0.4) is 0 Å². The van der Waals surface area contributed by atoms with Crippen LogP contribution in [0.1, 0.15) is 62.9 Å². The van der Waals surface area contributed by atoms with Gasteiger partial charge in [0, 0.05) is 16.7 Å². The second-order valence-electron chi connectivity index (χ2n) is 9.07. The zero-order chi connectivity index (χ0) is 27.8. The maximum absolute atomic E-state index is 13.7. The molecule has 0 N–H and O–H groups in total. The topological polar surface area (TPSA) is 96.8 Å². The van der Waals surface area contributed by atoms with Gasteiger partial charge in [0.15, 0.2) is 0 Å². The molecule has 0 atom stereocenters. The number of rotatable bonds is 12. The van der Waals surface area contributed by atoms with E-state index in [-0.39, 0.29) is 42.5 Å². The van der Waals surface area contributed by atoms with E-state index in [4.69, 9.17) is 18.9 Å². The van der Waals surface area contributed by atoms with Gasteiger partial charge in [0.2, 0.25) is 11.7 Å². The molecule has 0 radical (unpaired) electrons. The van der Waals surface area contributed by atoms with Gasteiger partial charge < -0.3 is 18.9 Å². The monoisotopic (exact) mass is 526 g/mol. The summed E-state index contributed by atoms with van der Waals surface area (Å²) in [5.74, 6) is 1.24. The van der Waals surface area contributed by atoms with Crippen LogP contribution in [0, 0.1) is 0 Å². The number of benzene rings is 3. The summed E-state index contributed by atoms with van der Waals surface area (Å²) >= 11 is 0. The number of carbonyl (C=O) groups excluding carboxylic acids is 2. The fourth-order valence-corrected chi connectivity index (χ4v) is 3.93. The minimum atomic E-state index is -0.353. The first-order chi connectivity index (χ1) is 18.9. The van der Waals surface area contributed by atoms with E-state index >= 15 is 0 Å². The Bertz CT molecular complexity index is 1430. The van der Waals surface area contributed by atoms with Gasteiger partial charge in [0.25, 0.3) is 0 Å². The molecule has 0 aliphatic carbocycles. The molecule has 3 aromatic carbocycles. The van der Waals surface area contributed by atoms with Gasteiger partial charge in [0.05, 0.1) is 14.2 Å². The van der Waals surface area contributed by atoms with Crippen molar-refractivity contribution in [2.45, 2.75) is 33.0 Å². The van der Waals surface area contributed by atoms with E-state index in [2.05, 4.69) is 9.97 Å². The van der Waals surface area contributed by atoms with Gasteiger partial charge in [-0.15, -0.1) is 0 Å². The highest BCUT2D eigenvalue weighted by atomic mass is 16.5. The molecule has 0 saturated carbocycles. The number of methoxy groups -OCH3 is 2. The molecule has 1 heterocycles. The van der Waals surface area contributed by atoms with Gasteiger partial charge in [-0.05, 0) is 47.4 Å². The quantitative estimate of drug-likeness (QED) is 0.168. The smallest absolute Gasteiger partial charge is 0.320 e. The second kappa shape index (κ2) is 12.7. The molecule has 1 aromatic heterocycles. The molecule has 39 heavy (non-hydrogen) atoms. The van der Waals surface area contributed by atoms with Crippen LogP contribution in [0.2, 0.25) is 0 Å². The van der Waals surface area contributed by atoms with Crippen molar-refractivity contribution < 1.29 is 28.5 Å². The molecule has 4 rings (SSSR count). The van der Waals surface area contributed by atoms with Gasteiger partial charge in [-0.1, -0.05) is 56.3 Å². The van der Waals surface area contributed by atoms with Crippen molar-refractivity contribution in [3.63, 3.8) is 0 Å². The Hall–Kier alpha value is -4.72. The summed E-state index contributed by atoms with van der Waals surface area (Å²) < 4.78 is 22.5. The normalized spacial score (nSPS) is 10.7. The summed E-state index contributed by atoms with van der Waals surface area (Å²) in [5.41, 5.74) is 3.23. The lowest BCUT2D eigenvalue weighted by Crippen LogP contribution is -2.15. The predicted octanol–water partition coefficient (Wildman–Crippen LogP) is 5.82. The van der Waals surface area contributed by atoms with Crippen LogP contribution in [-0.4, -0.2) is 36.3 Å². The number of aldehydes is 1. The molecule has 8 heteroatoms. The van der Waals surface area contributed by atoms with Crippen molar-refractivity contribution in [2.75, 3.05) is 14.2 Å². The molecule has 200 valence electrons. The fourth-order valence-electron chi connectivity index (χ4n) is 3.93. The Morgan fingerprint density at radius 3 is 1.95 bits per heavy atom. The van der Waals surface area contributed by atoms with Crippen molar-refractivity contribution in [2.24, 2.45) is 0 Å². The molecule has 0 unspecified atom stereocenters. The lowest BCUT2D eigenvalue weighted by molar-refractivity contribution is 0.102. The maximum Gasteiger partial charge on any atom is 0.320 e. The lowest BCUT2D eigenvalue weighted by Gasteiger charge is -2.18. The van der Waals surface area contributed by atoms with Crippen molar-refractivity contribution >= 4 is 12.1 Å². The van der Waals surface area contributed by atoms with Crippen molar-refractivity contribution in [1.29, 1.82) is 0 Å². The third-order valence-electron chi connectivity index (χ3n) is 6.03. The maximum atomic E-state index is 13.7. The summed E-state index contributed by atoms with van der Waals surface area (Å²) in [7, 11) is 3.21. The molecule has 0 spiro atoms. The van der Waals surface area contributed by atoms with Crippen LogP contribution in [-0.2, 0) is 13.2 Å². The molecule has 0 aliphatic heterocycles. The first-order valence-electron chi connectivity index (χ1n) is 12.4. The van der Waals surface area contributed by atoms with Crippen molar-refractivity contribution in [3.8, 4) is 23.4 Å². The molecule has 0 aliphatic rings. The van der Waals surface area contributed by atoms with Crippen LogP contribution in [0.25, 0.3) is 0 Å². The summed E-state index contributed by atoms with van der Waals surface area (Å²) in [4.78, 5) is 34.1. The van der Waals surface area contributed by atoms with Gasteiger partial charge >= 0.3 is 6.01 Å². The fraction of sp³-hybridized carbons (Fsp3) is 0.226. The van der Waals surface area contributed by atoms with E-state index in [0.29, 0.717) is 23.0 Å². The molecular weight excluding hydrogens is 496 g/mol. The van der Waals surface area contributed by atoms with Crippen LogP contribution in [0.15, 0.2) is 72.8 Å². The number of aromatic nitrogens is 2. The van der Waals surface area contributed by atoms with Gasteiger partial charge in [-0.3, -0.25) is 9.59 Å². The highest BCUT2D eigenvalue weighted by Crippen LogP contribution is 2.32. The lowest BCUT2D eigenvalue weighted by atomic mass is 9.96. The number of ketones is 1. The molecular formula is C31H30N2O6. The zero-order valence-corrected chi connectivity index (χ0v) is 22.3. The zero-order valence-electron chi connectivity index (χ0n) is 22.3. The van der Waals surface area contributed by atoms with Crippen molar-refractivity contribution in [1.82, 2.24) is 9.97 Å². The highest BCUT2D eigenvalue weighted by molar-refractivity contribution is 6.09. The van der Waals surface area contributed by atoms with E-state index in [1.165, 1.54) is 6.07 Å². The number of nitrogens with zero attached hydrogens (tertiary/aromatic N) is 2. The number of ether oxygens (including phenoxy) is 4. The Balaban J connectivity index is 1.71. The largest absolute Gasteiger partial charge is 0.497 e. The van der Waals surface area contributed by atoms with Crippen molar-refractivity contribution in [3.05, 3.63) is 106 Å². The Kier molecular flexibility index (Phi) is 8.89. The van der Waals surface area contributed by atoms with Gasteiger partial charge in [0.1, 0.15) is 36.7 Å². The molecule has 0 fully saturated rings. The van der Waals surface area contributed by atoms with E-state index in [0.717, 1.165) is 22.6 Å². The SMILES string of the molecule is COc1ccc(COc2nc(OCc3ccc(OC)cc3)c(C(C)C)c(C(=O)c3cccc(C=O)c3)n2)cc1. The molecule has 8 nitrogen and oxygen atoms in total. The van der Waals surface area contributed by atoms with E-state index < -0.39 is 0 Å². The van der Waals surface area contributed by atoms with Gasteiger partial charge in [-0.25, -0.2) is 0 Å². The Labute approximate surface area is 227 Å². The van der Waals surface area contributed by atoms with Crippen LogP contribution in [0.4, 0.5) is 0 Å². The minimum Gasteiger partial charge on any atom is -0.497 e. The summed E-state index contributed by atoms with van der Waals surface area (Å²) in [6, 6.07) is 21.4. The van der Waals surface area contributed by atoms with E-state index in [1.807, 2.05) is 62.4 Å². The Morgan fingerprint density at radius 2 is 1.41 bits per heavy atom. The Morgan fingerprint density at radius 1 is 0.821 bits per heavy atom. The van der Waals surface area contributed by atoms with Crippen LogP contribution < -0.4 is 18.9 Å². The van der Waals surface area contributed by atoms with Gasteiger partial charge in [-0.2, -0.15) is 9.97 Å². The summed E-state index contributed by atoms with van der Waals surface area (Å²) in [6.45, 7) is 4.27.